The van der Waals surface area contributed by atoms with Crippen LogP contribution in [-0.2, 0) is 4.74 Å². The Morgan fingerprint density at radius 3 is 2.72 bits per heavy atom. The molecule has 0 amide bonds. The Balaban J connectivity index is 1.47. The second kappa shape index (κ2) is 5.16. The lowest BCUT2D eigenvalue weighted by molar-refractivity contribution is -0.00436. The van der Waals surface area contributed by atoms with Crippen LogP contribution in [0.1, 0.15) is 12.8 Å². The van der Waals surface area contributed by atoms with Gasteiger partial charge in [-0.05, 0) is 31.0 Å². The van der Waals surface area contributed by atoms with Crippen LogP contribution in [0, 0.1) is 0 Å². The maximum atomic E-state index is 5.78. The molecule has 4 nitrogen and oxygen atoms in total. The average molecular weight is 247 g/mol. The van der Waals surface area contributed by atoms with E-state index in [1.165, 1.54) is 12.8 Å². The molecule has 1 saturated heterocycles. The van der Waals surface area contributed by atoms with Gasteiger partial charge in [0.25, 0.3) is 0 Å². The van der Waals surface area contributed by atoms with Crippen molar-refractivity contribution in [1.29, 1.82) is 0 Å². The van der Waals surface area contributed by atoms with Gasteiger partial charge in [-0.2, -0.15) is 0 Å². The zero-order chi connectivity index (χ0) is 12.4. The van der Waals surface area contributed by atoms with Gasteiger partial charge < -0.3 is 15.8 Å². The molecule has 0 aromatic heterocycles. The Kier molecular flexibility index (Phi) is 3.39. The minimum atomic E-state index is 0.597. The first-order valence-corrected chi connectivity index (χ1v) is 6.75. The molecule has 1 aromatic carbocycles. The monoisotopic (exact) mass is 247 g/mol. The third kappa shape index (κ3) is 2.60. The molecule has 1 aliphatic heterocycles. The van der Waals surface area contributed by atoms with E-state index in [9.17, 15) is 0 Å². The number of anilines is 2. The van der Waals surface area contributed by atoms with Crippen molar-refractivity contribution in [3.63, 3.8) is 0 Å². The second-order valence-corrected chi connectivity index (χ2v) is 5.24. The summed E-state index contributed by atoms with van der Waals surface area (Å²) in [6.07, 6.45) is 2.46. The minimum Gasteiger partial charge on any atom is -0.399 e. The van der Waals surface area contributed by atoms with Crippen LogP contribution in [0.15, 0.2) is 24.3 Å². The third-order valence-corrected chi connectivity index (χ3v) is 3.93. The molecule has 1 aliphatic carbocycles. The highest BCUT2D eigenvalue weighted by Gasteiger charge is 2.34. The van der Waals surface area contributed by atoms with E-state index in [1.807, 2.05) is 18.2 Å². The van der Waals surface area contributed by atoms with Crippen molar-refractivity contribution in [2.45, 2.75) is 24.9 Å². The molecule has 1 saturated carbocycles. The molecular formula is C14H21N3O. The third-order valence-electron chi connectivity index (χ3n) is 3.93. The maximum Gasteiger partial charge on any atom is 0.0594 e. The molecule has 0 atom stereocenters. The molecule has 2 fully saturated rings. The molecule has 1 aromatic rings. The van der Waals surface area contributed by atoms with Gasteiger partial charge in [0.15, 0.2) is 0 Å². The van der Waals surface area contributed by atoms with Crippen LogP contribution in [0.3, 0.4) is 0 Å². The van der Waals surface area contributed by atoms with Crippen molar-refractivity contribution < 1.29 is 4.74 Å². The van der Waals surface area contributed by atoms with Crippen molar-refractivity contribution in [2.75, 3.05) is 37.4 Å². The smallest absolute Gasteiger partial charge is 0.0594 e. The van der Waals surface area contributed by atoms with Gasteiger partial charge in [-0.25, -0.2) is 0 Å². The van der Waals surface area contributed by atoms with E-state index in [1.54, 1.807) is 0 Å². The fraction of sp³-hybridized carbons (Fsp3) is 0.571. The number of benzene rings is 1. The Morgan fingerprint density at radius 1 is 1.22 bits per heavy atom. The largest absolute Gasteiger partial charge is 0.399 e. The number of nitrogens with zero attached hydrogens (tertiary/aromatic N) is 1. The lowest BCUT2D eigenvalue weighted by Crippen LogP contribution is -2.53. The predicted octanol–water partition coefficient (Wildman–Crippen LogP) is 1.54. The van der Waals surface area contributed by atoms with Gasteiger partial charge in [0.2, 0.25) is 0 Å². The molecule has 4 heteroatoms. The van der Waals surface area contributed by atoms with Gasteiger partial charge in [-0.1, -0.05) is 6.07 Å². The Bertz CT molecular complexity index is 398. The van der Waals surface area contributed by atoms with Crippen LogP contribution in [0.2, 0.25) is 0 Å². The molecule has 0 radical (unpaired) electrons. The molecule has 18 heavy (non-hydrogen) atoms. The summed E-state index contributed by atoms with van der Waals surface area (Å²) < 4.78 is 5.38. The van der Waals surface area contributed by atoms with Gasteiger partial charge in [0, 0.05) is 36.5 Å². The van der Waals surface area contributed by atoms with E-state index >= 15 is 0 Å². The fourth-order valence-electron chi connectivity index (χ4n) is 2.81. The van der Waals surface area contributed by atoms with Gasteiger partial charge >= 0.3 is 0 Å². The lowest BCUT2D eigenvalue weighted by Gasteiger charge is -2.44. The number of nitrogens with one attached hydrogen (secondary N) is 1. The van der Waals surface area contributed by atoms with Crippen LogP contribution in [0.5, 0.6) is 0 Å². The van der Waals surface area contributed by atoms with Crippen LogP contribution < -0.4 is 11.1 Å². The van der Waals surface area contributed by atoms with Crippen LogP contribution >= 0.6 is 0 Å². The van der Waals surface area contributed by atoms with Gasteiger partial charge in [-0.15, -0.1) is 0 Å². The van der Waals surface area contributed by atoms with E-state index in [0.717, 1.165) is 43.7 Å². The van der Waals surface area contributed by atoms with Crippen LogP contribution in [-0.4, -0.2) is 43.3 Å². The summed E-state index contributed by atoms with van der Waals surface area (Å²) in [6.45, 7) is 3.97. The highest BCUT2D eigenvalue weighted by atomic mass is 16.5. The average Bonchev–Trinajstić information content (AvgIpc) is 2.34. The Morgan fingerprint density at radius 2 is 2.00 bits per heavy atom. The molecular weight excluding hydrogens is 226 g/mol. The highest BCUT2D eigenvalue weighted by Crippen LogP contribution is 2.29. The standard InChI is InChI=1S/C14H21N3O/c15-11-2-1-3-12(8-11)16-13-9-14(10-13)17-4-6-18-7-5-17/h1-3,8,13-14,16H,4-7,9-10,15H2. The van der Waals surface area contributed by atoms with Crippen molar-refractivity contribution in [3.8, 4) is 0 Å². The minimum absolute atomic E-state index is 0.597. The number of rotatable bonds is 3. The molecule has 0 spiro atoms. The summed E-state index contributed by atoms with van der Waals surface area (Å²) in [4.78, 5) is 2.56. The van der Waals surface area contributed by atoms with Crippen molar-refractivity contribution in [3.05, 3.63) is 24.3 Å². The topological polar surface area (TPSA) is 50.5 Å². The molecule has 1 heterocycles. The van der Waals surface area contributed by atoms with E-state index in [4.69, 9.17) is 10.5 Å². The zero-order valence-corrected chi connectivity index (χ0v) is 10.6. The van der Waals surface area contributed by atoms with Crippen molar-refractivity contribution in [2.24, 2.45) is 0 Å². The van der Waals surface area contributed by atoms with Crippen LogP contribution in [0.4, 0.5) is 11.4 Å². The first-order chi connectivity index (χ1) is 8.81. The quantitative estimate of drug-likeness (QED) is 0.796. The number of hydrogen-bond acceptors (Lipinski definition) is 4. The summed E-state index contributed by atoms with van der Waals surface area (Å²) in [5, 5.41) is 3.55. The number of hydrogen-bond donors (Lipinski definition) is 2. The van der Waals surface area contributed by atoms with Gasteiger partial charge in [0.05, 0.1) is 13.2 Å². The SMILES string of the molecule is Nc1cccc(NC2CC(N3CCOCC3)C2)c1. The molecule has 3 N–H and O–H groups in total. The van der Waals surface area contributed by atoms with E-state index in [2.05, 4.69) is 16.3 Å². The van der Waals surface area contributed by atoms with Gasteiger partial charge in [0.1, 0.15) is 0 Å². The zero-order valence-electron chi connectivity index (χ0n) is 10.6. The summed E-state index contributed by atoms with van der Waals surface area (Å²) in [5.74, 6) is 0. The molecule has 0 bridgehead atoms. The van der Waals surface area contributed by atoms with Crippen molar-refractivity contribution in [1.82, 2.24) is 4.90 Å². The van der Waals surface area contributed by atoms with E-state index in [0.29, 0.717) is 6.04 Å². The number of ether oxygens (including phenoxy) is 1. The van der Waals surface area contributed by atoms with E-state index < -0.39 is 0 Å². The predicted molar refractivity (Wildman–Crippen MR) is 73.7 cm³/mol. The first kappa shape index (κ1) is 11.8. The summed E-state index contributed by atoms with van der Waals surface area (Å²) >= 11 is 0. The lowest BCUT2D eigenvalue weighted by atomic mass is 9.85. The first-order valence-electron chi connectivity index (χ1n) is 6.75. The van der Waals surface area contributed by atoms with Crippen LogP contribution in [0.25, 0.3) is 0 Å². The van der Waals surface area contributed by atoms with Gasteiger partial charge in [-0.3, -0.25) is 4.90 Å². The van der Waals surface area contributed by atoms with E-state index in [-0.39, 0.29) is 0 Å². The fourth-order valence-corrected chi connectivity index (χ4v) is 2.81. The Hall–Kier alpha value is -1.26. The molecule has 0 unspecified atom stereocenters. The number of nitrogens with two attached hydrogens (primary N) is 1. The highest BCUT2D eigenvalue weighted by molar-refractivity contribution is 5.54. The normalized spacial score (nSPS) is 28.7. The summed E-state index contributed by atoms with van der Waals surface area (Å²) in [6, 6.07) is 9.34. The van der Waals surface area contributed by atoms with Crippen molar-refractivity contribution >= 4 is 11.4 Å². The number of nitrogen functional groups attached to an aromatic ring is 1. The molecule has 2 aliphatic rings. The summed E-state index contributed by atoms with van der Waals surface area (Å²) in [5.41, 5.74) is 7.74. The Labute approximate surface area is 108 Å². The number of morpholine rings is 1. The summed E-state index contributed by atoms with van der Waals surface area (Å²) in [7, 11) is 0. The molecule has 98 valence electrons. The molecule has 3 rings (SSSR count). The maximum absolute atomic E-state index is 5.78. The second-order valence-electron chi connectivity index (χ2n) is 5.24.